The van der Waals surface area contributed by atoms with Crippen LogP contribution in [0.3, 0.4) is 0 Å². The zero-order valence-corrected chi connectivity index (χ0v) is 13.8. The summed E-state index contributed by atoms with van der Waals surface area (Å²) in [5, 5.41) is 10.1. The summed E-state index contributed by atoms with van der Waals surface area (Å²) in [7, 11) is 0. The first-order valence-electron chi connectivity index (χ1n) is 7.12. The lowest BCUT2D eigenvalue weighted by Gasteiger charge is -2.09. The average molecular weight is 344 g/mol. The Kier molecular flexibility index (Phi) is 4.43. The molecule has 3 aromatic rings. The molecule has 1 amide bonds. The minimum Gasteiger partial charge on any atom is -0.360 e. The summed E-state index contributed by atoms with van der Waals surface area (Å²) < 4.78 is 4.96. The van der Waals surface area contributed by atoms with E-state index in [2.05, 4.69) is 25.8 Å². The van der Waals surface area contributed by atoms with Crippen molar-refractivity contribution in [2.24, 2.45) is 0 Å². The van der Waals surface area contributed by atoms with Crippen LogP contribution in [-0.2, 0) is 0 Å². The Hall–Kier alpha value is -2.93. The summed E-state index contributed by atoms with van der Waals surface area (Å²) >= 11 is 5.91. The highest BCUT2D eigenvalue weighted by molar-refractivity contribution is 6.30. The van der Waals surface area contributed by atoms with Crippen LogP contribution in [0.5, 0.6) is 0 Å². The summed E-state index contributed by atoms with van der Waals surface area (Å²) in [6.07, 6.45) is 1.49. The quantitative estimate of drug-likeness (QED) is 0.749. The van der Waals surface area contributed by atoms with Gasteiger partial charge in [-0.1, -0.05) is 16.8 Å². The molecule has 24 heavy (non-hydrogen) atoms. The molecule has 3 rings (SSSR count). The molecule has 2 heterocycles. The Morgan fingerprint density at radius 1 is 1.21 bits per heavy atom. The SMILES string of the molecule is Cc1cc(Nc2nccc(C(=O)Nc3ccc(Cl)cc3C)n2)no1. The van der Waals surface area contributed by atoms with Gasteiger partial charge in [0.2, 0.25) is 5.95 Å². The van der Waals surface area contributed by atoms with Crippen molar-refractivity contribution in [3.05, 3.63) is 58.6 Å². The Morgan fingerprint density at radius 2 is 2.04 bits per heavy atom. The molecule has 8 heteroatoms. The summed E-state index contributed by atoms with van der Waals surface area (Å²) in [5.74, 6) is 1.04. The smallest absolute Gasteiger partial charge is 0.274 e. The van der Waals surface area contributed by atoms with E-state index in [0.717, 1.165) is 5.56 Å². The largest absolute Gasteiger partial charge is 0.360 e. The van der Waals surface area contributed by atoms with Crippen LogP contribution in [0.15, 0.2) is 41.1 Å². The van der Waals surface area contributed by atoms with Gasteiger partial charge in [0.05, 0.1) is 0 Å². The van der Waals surface area contributed by atoms with Gasteiger partial charge in [-0.25, -0.2) is 9.97 Å². The molecule has 0 saturated heterocycles. The van der Waals surface area contributed by atoms with Gasteiger partial charge in [0.15, 0.2) is 5.82 Å². The zero-order chi connectivity index (χ0) is 17.1. The first-order chi connectivity index (χ1) is 11.5. The predicted octanol–water partition coefficient (Wildman–Crippen LogP) is 3.73. The second kappa shape index (κ2) is 6.67. The van der Waals surface area contributed by atoms with E-state index < -0.39 is 0 Å². The lowest BCUT2D eigenvalue weighted by molar-refractivity contribution is 0.102. The van der Waals surface area contributed by atoms with Crippen molar-refractivity contribution in [2.45, 2.75) is 13.8 Å². The molecule has 1 aromatic carbocycles. The molecule has 0 unspecified atom stereocenters. The molecule has 0 aliphatic heterocycles. The summed E-state index contributed by atoms with van der Waals surface area (Å²) in [4.78, 5) is 20.6. The van der Waals surface area contributed by atoms with E-state index >= 15 is 0 Å². The van der Waals surface area contributed by atoms with Crippen LogP contribution in [0, 0.1) is 13.8 Å². The summed E-state index contributed by atoms with van der Waals surface area (Å²) in [6.45, 7) is 3.64. The first-order valence-corrected chi connectivity index (χ1v) is 7.50. The van der Waals surface area contributed by atoms with Crippen molar-refractivity contribution in [1.29, 1.82) is 0 Å². The average Bonchev–Trinajstić information content (AvgIpc) is 2.95. The number of anilines is 3. The van der Waals surface area contributed by atoms with E-state index in [1.54, 1.807) is 31.2 Å². The van der Waals surface area contributed by atoms with Crippen molar-refractivity contribution in [3.63, 3.8) is 0 Å². The van der Waals surface area contributed by atoms with Gasteiger partial charge in [-0.05, 0) is 43.7 Å². The Morgan fingerprint density at radius 3 is 2.75 bits per heavy atom. The highest BCUT2D eigenvalue weighted by Gasteiger charge is 2.11. The van der Waals surface area contributed by atoms with Crippen molar-refractivity contribution < 1.29 is 9.32 Å². The van der Waals surface area contributed by atoms with Gasteiger partial charge in [-0.2, -0.15) is 0 Å². The van der Waals surface area contributed by atoms with E-state index in [9.17, 15) is 4.79 Å². The zero-order valence-electron chi connectivity index (χ0n) is 13.0. The number of nitrogens with one attached hydrogen (secondary N) is 2. The molecule has 2 N–H and O–H groups in total. The maximum Gasteiger partial charge on any atom is 0.274 e. The molecule has 0 aliphatic carbocycles. The normalized spacial score (nSPS) is 10.5. The highest BCUT2D eigenvalue weighted by atomic mass is 35.5. The molecular formula is C16H14ClN5O2. The van der Waals surface area contributed by atoms with E-state index in [-0.39, 0.29) is 17.5 Å². The van der Waals surface area contributed by atoms with E-state index in [0.29, 0.717) is 22.3 Å². The number of aryl methyl sites for hydroxylation is 2. The van der Waals surface area contributed by atoms with Crippen molar-refractivity contribution >= 4 is 35.0 Å². The monoisotopic (exact) mass is 343 g/mol. The van der Waals surface area contributed by atoms with Gasteiger partial charge in [0, 0.05) is 23.0 Å². The summed E-state index contributed by atoms with van der Waals surface area (Å²) in [6, 6.07) is 8.46. The number of nitrogens with zero attached hydrogens (tertiary/aromatic N) is 3. The van der Waals surface area contributed by atoms with Crippen molar-refractivity contribution in [1.82, 2.24) is 15.1 Å². The van der Waals surface area contributed by atoms with Crippen molar-refractivity contribution in [3.8, 4) is 0 Å². The second-order valence-electron chi connectivity index (χ2n) is 5.13. The molecule has 2 aromatic heterocycles. The van der Waals surface area contributed by atoms with Gasteiger partial charge >= 0.3 is 0 Å². The van der Waals surface area contributed by atoms with Gasteiger partial charge in [-0.15, -0.1) is 0 Å². The van der Waals surface area contributed by atoms with Crippen LogP contribution < -0.4 is 10.6 Å². The van der Waals surface area contributed by atoms with Crippen LogP contribution in [0.1, 0.15) is 21.8 Å². The lowest BCUT2D eigenvalue weighted by Crippen LogP contribution is -2.15. The number of hydrogen-bond acceptors (Lipinski definition) is 6. The fourth-order valence-electron chi connectivity index (χ4n) is 2.04. The standard InChI is InChI=1S/C16H14ClN5O2/c1-9-7-11(17)3-4-12(9)19-15(23)13-5-6-18-16(20-13)21-14-8-10(2)24-22-14/h3-8H,1-2H3,(H,19,23)(H,18,20,21,22). The number of aromatic nitrogens is 3. The number of halogens is 1. The van der Waals surface area contributed by atoms with Gasteiger partial charge < -0.3 is 15.2 Å². The maximum absolute atomic E-state index is 12.4. The Bertz CT molecular complexity index is 894. The predicted molar refractivity (Wildman–Crippen MR) is 90.7 cm³/mol. The molecule has 0 radical (unpaired) electrons. The van der Waals surface area contributed by atoms with Crippen LogP contribution >= 0.6 is 11.6 Å². The van der Waals surface area contributed by atoms with E-state index in [1.165, 1.54) is 12.3 Å². The minimum atomic E-state index is -0.345. The third-order valence-electron chi connectivity index (χ3n) is 3.19. The van der Waals surface area contributed by atoms with Crippen molar-refractivity contribution in [2.75, 3.05) is 10.6 Å². The number of amides is 1. The number of carbonyl (C=O) groups is 1. The molecule has 0 spiro atoms. The van der Waals surface area contributed by atoms with Crippen LogP contribution in [0.4, 0.5) is 17.5 Å². The van der Waals surface area contributed by atoms with E-state index in [1.807, 2.05) is 6.92 Å². The number of benzene rings is 1. The summed E-state index contributed by atoms with van der Waals surface area (Å²) in [5.41, 5.74) is 1.76. The van der Waals surface area contributed by atoms with Crippen LogP contribution in [-0.4, -0.2) is 21.0 Å². The molecule has 0 aliphatic rings. The van der Waals surface area contributed by atoms with Gasteiger partial charge in [-0.3, -0.25) is 4.79 Å². The topological polar surface area (TPSA) is 92.9 Å². The van der Waals surface area contributed by atoms with Crippen LogP contribution in [0.2, 0.25) is 5.02 Å². The molecule has 0 bridgehead atoms. The minimum absolute atomic E-state index is 0.224. The molecule has 0 fully saturated rings. The fourth-order valence-corrected chi connectivity index (χ4v) is 2.27. The number of hydrogen-bond donors (Lipinski definition) is 2. The number of rotatable bonds is 4. The Labute approximate surface area is 143 Å². The highest BCUT2D eigenvalue weighted by Crippen LogP contribution is 2.20. The van der Waals surface area contributed by atoms with Crippen LogP contribution in [0.25, 0.3) is 0 Å². The lowest BCUT2D eigenvalue weighted by atomic mass is 10.2. The first kappa shape index (κ1) is 15.9. The molecule has 0 atom stereocenters. The third kappa shape index (κ3) is 3.69. The van der Waals surface area contributed by atoms with Gasteiger partial charge in [0.25, 0.3) is 5.91 Å². The fraction of sp³-hybridized carbons (Fsp3) is 0.125. The number of carbonyl (C=O) groups excluding carboxylic acids is 1. The maximum atomic E-state index is 12.4. The van der Waals surface area contributed by atoms with E-state index in [4.69, 9.17) is 16.1 Å². The Balaban J connectivity index is 1.76. The second-order valence-corrected chi connectivity index (χ2v) is 5.56. The van der Waals surface area contributed by atoms with Gasteiger partial charge in [0.1, 0.15) is 11.5 Å². The molecule has 122 valence electrons. The molecular weight excluding hydrogens is 330 g/mol. The molecule has 0 saturated carbocycles. The third-order valence-corrected chi connectivity index (χ3v) is 3.43. The molecule has 7 nitrogen and oxygen atoms in total.